The highest BCUT2D eigenvalue weighted by atomic mass is 14.6. The first-order valence-electron chi connectivity index (χ1n) is 7.01. The van der Waals surface area contributed by atoms with Gasteiger partial charge in [-0.25, -0.2) is 0 Å². The first kappa shape index (κ1) is 14.2. The lowest BCUT2D eigenvalue weighted by Gasteiger charge is -2.21. The maximum absolute atomic E-state index is 6.34. The Morgan fingerprint density at radius 2 is 1.71 bits per heavy atom. The number of rotatable bonds is 6. The minimum absolute atomic E-state index is 0.186. The van der Waals surface area contributed by atoms with E-state index < -0.39 is 0 Å². The molecule has 2 unspecified atom stereocenters. The zero-order valence-electron chi connectivity index (χ0n) is 11.8. The highest BCUT2D eigenvalue weighted by Crippen LogP contribution is 2.25. The lowest BCUT2D eigenvalue weighted by atomic mass is 9.89. The Bertz CT molecular complexity index is 343. The van der Waals surface area contributed by atoms with Crippen LogP contribution in [0.4, 0.5) is 0 Å². The van der Waals surface area contributed by atoms with E-state index in [9.17, 15) is 0 Å². The Hall–Kier alpha value is -0.820. The van der Waals surface area contributed by atoms with Gasteiger partial charge < -0.3 is 5.73 Å². The van der Waals surface area contributed by atoms with E-state index in [1.165, 1.54) is 29.5 Å². The van der Waals surface area contributed by atoms with Gasteiger partial charge in [-0.05, 0) is 41.9 Å². The number of aryl methyl sites for hydroxylation is 2. The average molecular weight is 233 g/mol. The van der Waals surface area contributed by atoms with Crippen molar-refractivity contribution in [2.45, 2.75) is 59.4 Å². The molecule has 0 saturated carbocycles. The molecule has 96 valence electrons. The molecule has 0 aliphatic carbocycles. The summed E-state index contributed by atoms with van der Waals surface area (Å²) in [6, 6.07) is 6.98. The molecule has 1 aromatic rings. The van der Waals surface area contributed by atoms with Crippen LogP contribution >= 0.6 is 0 Å². The third-order valence-corrected chi connectivity index (χ3v) is 3.73. The maximum atomic E-state index is 6.34. The molecule has 2 atom stereocenters. The van der Waals surface area contributed by atoms with Crippen LogP contribution in [0.2, 0.25) is 0 Å². The van der Waals surface area contributed by atoms with E-state index in [0.717, 1.165) is 12.8 Å². The minimum atomic E-state index is 0.186. The van der Waals surface area contributed by atoms with Crippen LogP contribution in [-0.4, -0.2) is 0 Å². The van der Waals surface area contributed by atoms with Gasteiger partial charge in [-0.2, -0.15) is 0 Å². The van der Waals surface area contributed by atoms with Crippen molar-refractivity contribution in [2.24, 2.45) is 11.7 Å². The van der Waals surface area contributed by atoms with E-state index in [4.69, 9.17) is 5.73 Å². The summed E-state index contributed by atoms with van der Waals surface area (Å²) < 4.78 is 0. The van der Waals surface area contributed by atoms with E-state index >= 15 is 0 Å². The van der Waals surface area contributed by atoms with Crippen LogP contribution in [0.25, 0.3) is 0 Å². The first-order chi connectivity index (χ1) is 8.13. The molecule has 0 aliphatic rings. The molecule has 1 nitrogen and oxygen atoms in total. The molecule has 2 N–H and O–H groups in total. The molecule has 0 fully saturated rings. The molecule has 1 aromatic carbocycles. The summed E-state index contributed by atoms with van der Waals surface area (Å²) in [5, 5.41) is 0. The molecule has 1 rings (SSSR count). The predicted octanol–water partition coefficient (Wildman–Crippen LogP) is 4.25. The van der Waals surface area contributed by atoms with Gasteiger partial charge in [0.15, 0.2) is 0 Å². The third-order valence-electron chi connectivity index (χ3n) is 3.73. The van der Waals surface area contributed by atoms with Crippen molar-refractivity contribution >= 4 is 0 Å². The first-order valence-corrected chi connectivity index (χ1v) is 7.01. The van der Waals surface area contributed by atoms with Crippen molar-refractivity contribution in [1.29, 1.82) is 0 Å². The van der Waals surface area contributed by atoms with Gasteiger partial charge in [-0.1, -0.05) is 52.3 Å². The normalized spacial score (nSPS) is 14.6. The molecular formula is C16H27N. The van der Waals surface area contributed by atoms with E-state index in [-0.39, 0.29) is 6.04 Å². The summed E-state index contributed by atoms with van der Waals surface area (Å²) in [5.41, 5.74) is 10.6. The molecule has 0 bridgehead atoms. The summed E-state index contributed by atoms with van der Waals surface area (Å²) in [7, 11) is 0. The van der Waals surface area contributed by atoms with E-state index in [1.54, 1.807) is 0 Å². The smallest absolute Gasteiger partial charge is 0.0320 e. The van der Waals surface area contributed by atoms with Crippen LogP contribution in [0.3, 0.4) is 0 Å². The molecule has 0 spiro atoms. The van der Waals surface area contributed by atoms with Gasteiger partial charge in [0.1, 0.15) is 0 Å². The lowest BCUT2D eigenvalue weighted by molar-refractivity contribution is 0.433. The average Bonchev–Trinajstić information content (AvgIpc) is 2.37. The Balaban J connectivity index is 2.91. The fraction of sp³-hybridized carbons (Fsp3) is 0.625. The highest BCUT2D eigenvalue weighted by Gasteiger charge is 2.14. The van der Waals surface area contributed by atoms with E-state index in [2.05, 4.69) is 45.9 Å². The fourth-order valence-electron chi connectivity index (χ4n) is 2.49. The molecule has 0 aliphatic heterocycles. The summed E-state index contributed by atoms with van der Waals surface area (Å²) >= 11 is 0. The van der Waals surface area contributed by atoms with Crippen molar-refractivity contribution < 1.29 is 0 Å². The highest BCUT2D eigenvalue weighted by molar-refractivity contribution is 5.33. The number of hydrogen-bond donors (Lipinski definition) is 1. The van der Waals surface area contributed by atoms with Crippen molar-refractivity contribution in [3.05, 3.63) is 34.9 Å². The maximum Gasteiger partial charge on any atom is 0.0320 e. The van der Waals surface area contributed by atoms with Gasteiger partial charge in [0, 0.05) is 6.04 Å². The van der Waals surface area contributed by atoms with Gasteiger partial charge >= 0.3 is 0 Å². The molecular weight excluding hydrogens is 206 g/mol. The van der Waals surface area contributed by atoms with Gasteiger partial charge in [-0.3, -0.25) is 0 Å². The second kappa shape index (κ2) is 6.80. The molecule has 0 heterocycles. The topological polar surface area (TPSA) is 26.0 Å². The molecule has 17 heavy (non-hydrogen) atoms. The Kier molecular flexibility index (Phi) is 5.70. The molecule has 0 saturated heterocycles. The number of benzene rings is 1. The van der Waals surface area contributed by atoms with Gasteiger partial charge in [0.05, 0.1) is 0 Å². The minimum Gasteiger partial charge on any atom is -0.324 e. The van der Waals surface area contributed by atoms with Crippen LogP contribution in [0.1, 0.15) is 63.3 Å². The summed E-state index contributed by atoms with van der Waals surface area (Å²) in [6.07, 6.45) is 4.63. The van der Waals surface area contributed by atoms with Gasteiger partial charge in [0.2, 0.25) is 0 Å². The van der Waals surface area contributed by atoms with Crippen molar-refractivity contribution in [3.8, 4) is 0 Å². The number of nitrogens with two attached hydrogens (primary N) is 1. The number of hydrogen-bond acceptors (Lipinski definition) is 1. The molecule has 0 radical (unpaired) electrons. The second-order valence-electron chi connectivity index (χ2n) is 5.03. The zero-order valence-corrected chi connectivity index (χ0v) is 11.8. The SMILES string of the molecule is CCCC(C)C(N)c1ccc(CC)c(CC)c1. The Morgan fingerprint density at radius 3 is 2.24 bits per heavy atom. The van der Waals surface area contributed by atoms with Crippen LogP contribution in [-0.2, 0) is 12.8 Å². The quantitative estimate of drug-likeness (QED) is 0.781. The van der Waals surface area contributed by atoms with Crippen molar-refractivity contribution in [2.75, 3.05) is 0 Å². The molecule has 0 amide bonds. The predicted molar refractivity (Wildman–Crippen MR) is 76.2 cm³/mol. The Morgan fingerprint density at radius 1 is 1.06 bits per heavy atom. The molecule has 0 aromatic heterocycles. The standard InChI is InChI=1S/C16H27N/c1-5-8-12(4)16(17)15-10-9-13(6-2)14(7-3)11-15/h9-12,16H,5-8,17H2,1-4H3. The summed E-state index contributed by atoms with van der Waals surface area (Å²) in [4.78, 5) is 0. The van der Waals surface area contributed by atoms with Crippen LogP contribution in [0.15, 0.2) is 18.2 Å². The van der Waals surface area contributed by atoms with E-state index in [0.29, 0.717) is 5.92 Å². The Labute approximate surface area is 106 Å². The summed E-state index contributed by atoms with van der Waals surface area (Å²) in [5.74, 6) is 0.567. The van der Waals surface area contributed by atoms with E-state index in [1.807, 2.05) is 0 Å². The molecule has 1 heteroatoms. The van der Waals surface area contributed by atoms with Gasteiger partial charge in [0.25, 0.3) is 0 Å². The van der Waals surface area contributed by atoms with Crippen LogP contribution in [0.5, 0.6) is 0 Å². The van der Waals surface area contributed by atoms with Crippen molar-refractivity contribution in [3.63, 3.8) is 0 Å². The van der Waals surface area contributed by atoms with Crippen LogP contribution in [0, 0.1) is 5.92 Å². The third kappa shape index (κ3) is 3.57. The monoisotopic (exact) mass is 233 g/mol. The van der Waals surface area contributed by atoms with Crippen molar-refractivity contribution in [1.82, 2.24) is 0 Å². The lowest BCUT2D eigenvalue weighted by Crippen LogP contribution is -2.19. The largest absolute Gasteiger partial charge is 0.324 e. The van der Waals surface area contributed by atoms with Crippen LogP contribution < -0.4 is 5.73 Å². The summed E-state index contributed by atoms with van der Waals surface area (Å²) in [6.45, 7) is 8.92. The zero-order chi connectivity index (χ0) is 12.8. The van der Waals surface area contributed by atoms with Gasteiger partial charge in [-0.15, -0.1) is 0 Å². The second-order valence-corrected chi connectivity index (χ2v) is 5.03. The fourth-order valence-corrected chi connectivity index (χ4v) is 2.49.